The Morgan fingerprint density at radius 2 is 2.00 bits per heavy atom. The third-order valence-electron chi connectivity index (χ3n) is 4.31. The molecule has 2 aliphatic heterocycles. The van der Waals surface area contributed by atoms with Gasteiger partial charge in [-0.25, -0.2) is 0 Å². The van der Waals surface area contributed by atoms with Crippen LogP contribution in [0, 0.1) is 0 Å². The first-order valence-corrected chi connectivity index (χ1v) is 8.23. The molecule has 3 heterocycles. The van der Waals surface area contributed by atoms with Gasteiger partial charge < -0.3 is 0 Å². The van der Waals surface area contributed by atoms with Gasteiger partial charge in [-0.05, 0) is 17.0 Å². The molecule has 0 N–H and O–H groups in total. The summed E-state index contributed by atoms with van der Waals surface area (Å²) in [6, 6.07) is 5.26. The molecule has 0 aliphatic carbocycles. The Morgan fingerprint density at radius 3 is 2.72 bits per heavy atom. The second-order valence-electron chi connectivity index (χ2n) is 7.07. The van der Waals surface area contributed by atoms with Crippen LogP contribution in [0.5, 0.6) is 0 Å². The topological polar surface area (TPSA) is 69.3 Å². The van der Waals surface area contributed by atoms with E-state index in [0.29, 0.717) is 22.2 Å². The van der Waals surface area contributed by atoms with Crippen LogP contribution in [-0.4, -0.2) is 39.2 Å². The summed E-state index contributed by atoms with van der Waals surface area (Å²) in [4.78, 5) is 20.8. The van der Waals surface area contributed by atoms with Crippen molar-refractivity contribution in [1.29, 1.82) is 0 Å². The fraction of sp³-hybridized carbons (Fsp3) is 0.294. The molecule has 0 spiro atoms. The van der Waals surface area contributed by atoms with E-state index in [2.05, 4.69) is 36.1 Å². The van der Waals surface area contributed by atoms with Crippen molar-refractivity contribution in [2.24, 2.45) is 4.99 Å². The number of hydrogen-bond acceptors (Lipinski definition) is 5. The molecule has 1 aromatic carbocycles. The molecule has 0 unspecified atom stereocenters. The number of fused-ring (bicyclic) bond motifs is 3. The summed E-state index contributed by atoms with van der Waals surface area (Å²) < 4.78 is 1.69. The number of hydrogen-bond donors (Lipinski definition) is 0. The number of amides is 1. The average molecular weight is 357 g/mol. The number of aromatic nitrogens is 3. The second kappa shape index (κ2) is 5.24. The van der Waals surface area contributed by atoms with E-state index in [0.717, 1.165) is 11.4 Å². The molecule has 0 saturated heterocycles. The number of halogens is 1. The Kier molecular flexibility index (Phi) is 3.35. The molecular formula is C17H17ClN6O+. The monoisotopic (exact) mass is 356 g/mol. The van der Waals surface area contributed by atoms with Gasteiger partial charge in [-0.2, -0.15) is 9.67 Å². The smallest absolute Gasteiger partial charge is 0.268 e. The van der Waals surface area contributed by atoms with Gasteiger partial charge in [-0.1, -0.05) is 37.6 Å². The van der Waals surface area contributed by atoms with Crippen molar-refractivity contribution in [3.63, 3.8) is 0 Å². The van der Waals surface area contributed by atoms with Crippen LogP contribution in [-0.2, 0) is 5.41 Å². The van der Waals surface area contributed by atoms with Crippen LogP contribution < -0.4 is 4.90 Å². The molecule has 2 aromatic rings. The van der Waals surface area contributed by atoms with Gasteiger partial charge >= 0.3 is 5.82 Å². The van der Waals surface area contributed by atoms with Crippen LogP contribution in [0.1, 0.15) is 36.8 Å². The van der Waals surface area contributed by atoms with E-state index < -0.39 is 0 Å². The molecule has 0 fully saturated rings. The van der Waals surface area contributed by atoms with E-state index in [9.17, 15) is 4.79 Å². The maximum Gasteiger partial charge on any atom is 0.318 e. The van der Waals surface area contributed by atoms with Gasteiger partial charge in [-0.3, -0.25) is 9.69 Å². The summed E-state index contributed by atoms with van der Waals surface area (Å²) in [5, 5.41) is 8.75. The molecule has 8 heteroatoms. The number of carbonyl (C=O) groups is 1. The van der Waals surface area contributed by atoms with Crippen LogP contribution in [0.25, 0.3) is 5.82 Å². The third-order valence-corrected chi connectivity index (χ3v) is 4.55. The van der Waals surface area contributed by atoms with Gasteiger partial charge in [0, 0.05) is 23.6 Å². The molecule has 7 nitrogen and oxygen atoms in total. The summed E-state index contributed by atoms with van der Waals surface area (Å²) in [5.74, 6) is 1.08. The van der Waals surface area contributed by atoms with E-state index in [1.165, 1.54) is 0 Å². The van der Waals surface area contributed by atoms with E-state index in [-0.39, 0.29) is 11.3 Å². The van der Waals surface area contributed by atoms with Crippen molar-refractivity contribution >= 4 is 35.4 Å². The third kappa shape index (κ3) is 2.31. The number of aliphatic imine (C=N–C) groups is 1. The van der Waals surface area contributed by atoms with Crippen LogP contribution in [0.4, 0.5) is 5.69 Å². The minimum atomic E-state index is -0.164. The second-order valence-corrected chi connectivity index (χ2v) is 7.50. The first-order chi connectivity index (χ1) is 11.8. The van der Waals surface area contributed by atoms with E-state index >= 15 is 0 Å². The van der Waals surface area contributed by atoms with Crippen LogP contribution in [0.3, 0.4) is 0 Å². The Morgan fingerprint density at radius 1 is 1.24 bits per heavy atom. The molecule has 127 valence electrons. The average Bonchev–Trinajstić information content (AvgIpc) is 3.18. The molecule has 1 radical (unpaired) electrons. The summed E-state index contributed by atoms with van der Waals surface area (Å²) in [6.45, 7) is 6.24. The molecule has 1 aromatic heterocycles. The minimum Gasteiger partial charge on any atom is -0.268 e. The van der Waals surface area contributed by atoms with Gasteiger partial charge in [0.1, 0.15) is 5.56 Å². The van der Waals surface area contributed by atoms with Gasteiger partial charge in [0.15, 0.2) is 0 Å². The number of rotatable bonds is 1. The predicted molar refractivity (Wildman–Crippen MR) is 95.8 cm³/mol. The fourth-order valence-corrected chi connectivity index (χ4v) is 3.21. The van der Waals surface area contributed by atoms with Gasteiger partial charge in [0.25, 0.3) is 12.2 Å². The van der Waals surface area contributed by atoms with Crippen LogP contribution >= 0.6 is 11.6 Å². The van der Waals surface area contributed by atoms with Crippen molar-refractivity contribution in [3.05, 3.63) is 46.5 Å². The first kappa shape index (κ1) is 16.0. The number of nitrogens with zero attached hydrogens (tertiary/aromatic N) is 6. The molecule has 1 amide bonds. The lowest BCUT2D eigenvalue weighted by Gasteiger charge is -2.25. The highest BCUT2D eigenvalue weighted by Gasteiger charge is 2.47. The van der Waals surface area contributed by atoms with Crippen molar-refractivity contribution in [1.82, 2.24) is 24.8 Å². The molecular weight excluding hydrogens is 340 g/mol. The maximum absolute atomic E-state index is 12.8. The maximum atomic E-state index is 12.8. The molecule has 0 bridgehead atoms. The Labute approximate surface area is 150 Å². The summed E-state index contributed by atoms with van der Waals surface area (Å²) in [6.07, 6.45) is 3.42. The zero-order valence-electron chi connectivity index (χ0n) is 14.4. The number of carbonyl (C=O) groups excluding carboxylic acids is 1. The largest absolute Gasteiger partial charge is 0.318 e. The summed E-state index contributed by atoms with van der Waals surface area (Å²) >= 11 is 6.06. The number of anilines is 1. The predicted octanol–water partition coefficient (Wildman–Crippen LogP) is 2.91. The van der Waals surface area contributed by atoms with Crippen LogP contribution in [0.15, 0.2) is 35.2 Å². The molecule has 2 aliphatic rings. The molecule has 0 saturated carbocycles. The Bertz CT molecular complexity index is 952. The zero-order chi connectivity index (χ0) is 17.9. The SMILES string of the molecule is CN1C(=O)c2cc(Cl)ccc2[N+]2C=NC(n3nncc3C(C)(C)C)=C12. The van der Waals surface area contributed by atoms with Gasteiger partial charge in [0.2, 0.25) is 11.5 Å². The van der Waals surface area contributed by atoms with Crippen molar-refractivity contribution in [3.8, 4) is 0 Å². The molecule has 0 atom stereocenters. The summed E-state index contributed by atoms with van der Waals surface area (Å²) in [7, 11) is 1.72. The van der Waals surface area contributed by atoms with Crippen LogP contribution in [0.2, 0.25) is 5.02 Å². The Hall–Kier alpha value is -2.51. The van der Waals surface area contributed by atoms with Crippen molar-refractivity contribution in [2.75, 3.05) is 7.05 Å². The van der Waals surface area contributed by atoms with Crippen molar-refractivity contribution in [2.45, 2.75) is 26.2 Å². The highest BCUT2D eigenvalue weighted by Crippen LogP contribution is 2.38. The number of benzene rings is 1. The lowest BCUT2D eigenvalue weighted by Crippen LogP contribution is -2.41. The Balaban J connectivity index is 1.92. The van der Waals surface area contributed by atoms with Gasteiger partial charge in [-0.15, -0.1) is 5.10 Å². The van der Waals surface area contributed by atoms with E-state index in [4.69, 9.17) is 11.6 Å². The molecule has 4 rings (SSSR count). The van der Waals surface area contributed by atoms with E-state index in [1.807, 2.05) is 11.0 Å². The normalized spacial score (nSPS) is 17.3. The zero-order valence-corrected chi connectivity index (χ0v) is 15.1. The highest BCUT2D eigenvalue weighted by atomic mass is 35.5. The first-order valence-electron chi connectivity index (χ1n) is 7.86. The lowest BCUT2D eigenvalue weighted by molar-refractivity contribution is 0.0815. The fourth-order valence-electron chi connectivity index (χ4n) is 3.04. The highest BCUT2D eigenvalue weighted by molar-refractivity contribution is 6.31. The lowest BCUT2D eigenvalue weighted by atomic mass is 9.93. The standard InChI is InChI=1S/C17H17ClN6O/c1-17(2,3)13-8-20-21-24(13)14-15-22(4)16(25)11-7-10(18)5-6-12(11)23(15)9-19-14/h5-9H,1-4H3/q+1. The van der Waals surface area contributed by atoms with E-state index in [1.54, 1.807) is 41.3 Å². The quantitative estimate of drug-likeness (QED) is 0.738. The molecule has 25 heavy (non-hydrogen) atoms. The van der Waals surface area contributed by atoms with Gasteiger partial charge in [0.05, 0.1) is 11.9 Å². The minimum absolute atomic E-state index is 0.135. The summed E-state index contributed by atoms with van der Waals surface area (Å²) in [5.41, 5.74) is 2.04. The van der Waals surface area contributed by atoms with Crippen molar-refractivity contribution < 1.29 is 4.79 Å².